The first-order valence-corrected chi connectivity index (χ1v) is 9.03. The number of hydroxylamine groups is 1. The van der Waals surface area contributed by atoms with E-state index in [0.29, 0.717) is 38.5 Å². The molecule has 0 bridgehead atoms. The lowest BCUT2D eigenvalue weighted by Gasteiger charge is -2.09. The van der Waals surface area contributed by atoms with Gasteiger partial charge in [-0.15, -0.1) is 11.8 Å². The molecule has 0 saturated carbocycles. The number of carbonyl (C=O) groups excluding carboxylic acids is 1. The van der Waals surface area contributed by atoms with Crippen molar-refractivity contribution in [2.75, 3.05) is 0 Å². The Morgan fingerprint density at radius 2 is 1.36 bits per heavy atom. The first-order valence-electron chi connectivity index (χ1n) is 9.03. The van der Waals surface area contributed by atoms with Crippen molar-refractivity contribution in [3.8, 4) is 47.4 Å². The quantitative estimate of drug-likeness (QED) is 0.318. The van der Waals surface area contributed by atoms with Crippen molar-refractivity contribution >= 4 is 5.91 Å². The van der Waals surface area contributed by atoms with Crippen molar-refractivity contribution in [1.82, 2.24) is 5.48 Å². The van der Waals surface area contributed by atoms with Crippen LogP contribution in [0.2, 0.25) is 0 Å². The van der Waals surface area contributed by atoms with Gasteiger partial charge < -0.3 is 0 Å². The van der Waals surface area contributed by atoms with Crippen LogP contribution in [0.25, 0.3) is 0 Å². The zero-order chi connectivity index (χ0) is 18.6. The highest BCUT2D eigenvalue weighted by atomic mass is 16.5. The van der Waals surface area contributed by atoms with E-state index in [1.54, 1.807) is 5.48 Å². The summed E-state index contributed by atoms with van der Waals surface area (Å²) in [6.07, 6.45) is 8.27. The zero-order valence-electron chi connectivity index (χ0n) is 15.5. The second-order valence-electron chi connectivity index (χ2n) is 5.52. The molecule has 1 atom stereocenters. The molecule has 1 amide bonds. The molecule has 0 fully saturated rings. The summed E-state index contributed by atoms with van der Waals surface area (Å²) in [5, 5.41) is 8.60. The molecule has 2 N–H and O–H groups in total. The van der Waals surface area contributed by atoms with Crippen LogP contribution in [0.1, 0.15) is 78.1 Å². The minimum absolute atomic E-state index is 0.185. The van der Waals surface area contributed by atoms with Crippen molar-refractivity contribution in [2.24, 2.45) is 5.92 Å². The van der Waals surface area contributed by atoms with E-state index in [-0.39, 0.29) is 11.8 Å². The fourth-order valence-electron chi connectivity index (χ4n) is 2.01. The molecular formula is C22H29NO2. The van der Waals surface area contributed by atoms with Crippen LogP contribution < -0.4 is 5.48 Å². The van der Waals surface area contributed by atoms with Crippen molar-refractivity contribution in [3.63, 3.8) is 0 Å². The predicted octanol–water partition coefficient (Wildman–Crippen LogP) is 4.06. The summed E-state index contributed by atoms with van der Waals surface area (Å²) < 4.78 is 0. The van der Waals surface area contributed by atoms with E-state index in [0.717, 1.165) is 6.42 Å². The van der Waals surface area contributed by atoms with Gasteiger partial charge in [0, 0.05) is 18.8 Å². The highest BCUT2D eigenvalue weighted by Gasteiger charge is 2.13. The molecule has 0 spiro atoms. The summed E-state index contributed by atoms with van der Waals surface area (Å²) in [6.45, 7) is 4.10. The SMILES string of the molecule is CCCCCC#CCC#CCC#CCC#CCCC(CC)C(=O)NO. The molecule has 0 aromatic carbocycles. The van der Waals surface area contributed by atoms with Crippen LogP contribution in [0.3, 0.4) is 0 Å². The lowest BCUT2D eigenvalue weighted by Crippen LogP contribution is -2.27. The number of unbranched alkanes of at least 4 members (excludes halogenated alkanes) is 3. The van der Waals surface area contributed by atoms with Crippen LogP contribution >= 0.6 is 0 Å². The van der Waals surface area contributed by atoms with Crippen molar-refractivity contribution in [1.29, 1.82) is 0 Å². The molecule has 0 aliphatic heterocycles. The highest BCUT2D eigenvalue weighted by molar-refractivity contribution is 5.77. The Morgan fingerprint density at radius 1 is 0.840 bits per heavy atom. The Labute approximate surface area is 153 Å². The van der Waals surface area contributed by atoms with Crippen LogP contribution in [-0.4, -0.2) is 11.1 Å². The minimum Gasteiger partial charge on any atom is -0.289 e. The maximum absolute atomic E-state index is 11.3. The molecule has 0 aliphatic rings. The maximum Gasteiger partial charge on any atom is 0.246 e. The first kappa shape index (κ1) is 22.7. The fraction of sp³-hybridized carbons (Fsp3) is 0.591. The van der Waals surface area contributed by atoms with E-state index < -0.39 is 0 Å². The number of rotatable bonds is 7. The molecule has 0 aromatic heterocycles. The molecule has 134 valence electrons. The van der Waals surface area contributed by atoms with E-state index in [2.05, 4.69) is 54.3 Å². The van der Waals surface area contributed by atoms with Gasteiger partial charge in [0.15, 0.2) is 0 Å². The van der Waals surface area contributed by atoms with E-state index in [4.69, 9.17) is 5.21 Å². The summed E-state index contributed by atoms with van der Waals surface area (Å²) >= 11 is 0. The number of carbonyl (C=O) groups is 1. The molecule has 1 unspecified atom stereocenters. The van der Waals surface area contributed by atoms with Gasteiger partial charge in [-0.2, -0.15) is 0 Å². The van der Waals surface area contributed by atoms with E-state index in [9.17, 15) is 4.79 Å². The largest absolute Gasteiger partial charge is 0.289 e. The topological polar surface area (TPSA) is 49.3 Å². The van der Waals surface area contributed by atoms with E-state index in [1.807, 2.05) is 6.92 Å². The molecule has 0 heterocycles. The van der Waals surface area contributed by atoms with Gasteiger partial charge in [-0.05, 0) is 19.3 Å². The fourth-order valence-corrected chi connectivity index (χ4v) is 2.01. The highest BCUT2D eigenvalue weighted by Crippen LogP contribution is 2.10. The number of hydrogen-bond acceptors (Lipinski definition) is 2. The normalized spacial score (nSPS) is 9.72. The summed E-state index contributed by atoms with van der Waals surface area (Å²) in [6, 6.07) is 0. The van der Waals surface area contributed by atoms with Crippen LogP contribution in [0.15, 0.2) is 0 Å². The van der Waals surface area contributed by atoms with E-state index in [1.165, 1.54) is 19.3 Å². The Balaban J connectivity index is 3.79. The van der Waals surface area contributed by atoms with E-state index >= 15 is 0 Å². The number of nitrogens with one attached hydrogen (secondary N) is 1. The monoisotopic (exact) mass is 339 g/mol. The maximum atomic E-state index is 11.3. The van der Waals surface area contributed by atoms with Gasteiger partial charge >= 0.3 is 0 Å². The van der Waals surface area contributed by atoms with Crippen LogP contribution in [0.5, 0.6) is 0 Å². The molecule has 3 nitrogen and oxygen atoms in total. The third-order valence-electron chi connectivity index (χ3n) is 3.53. The van der Waals surface area contributed by atoms with Crippen LogP contribution in [-0.2, 0) is 4.79 Å². The smallest absolute Gasteiger partial charge is 0.246 e. The second-order valence-corrected chi connectivity index (χ2v) is 5.52. The van der Waals surface area contributed by atoms with Gasteiger partial charge in [0.25, 0.3) is 0 Å². The number of hydrogen-bond donors (Lipinski definition) is 2. The molecule has 0 aliphatic carbocycles. The Kier molecular flexibility index (Phi) is 16.3. The Morgan fingerprint density at radius 3 is 1.84 bits per heavy atom. The minimum atomic E-state index is -0.340. The molecular weight excluding hydrogens is 310 g/mol. The third kappa shape index (κ3) is 15.0. The van der Waals surface area contributed by atoms with Crippen molar-refractivity contribution in [2.45, 2.75) is 78.1 Å². The lowest BCUT2D eigenvalue weighted by molar-refractivity contribution is -0.133. The summed E-state index contributed by atoms with van der Waals surface area (Å²) in [5.41, 5.74) is 1.69. The third-order valence-corrected chi connectivity index (χ3v) is 3.53. The molecule has 0 saturated heterocycles. The lowest BCUT2D eigenvalue weighted by atomic mass is 10.00. The molecule has 0 rings (SSSR count). The standard InChI is InChI=1S/C22H29NO2/c1-3-5-6-7-8-9-10-11-12-13-14-15-16-17-18-19-20-21(4-2)22(24)23-25/h21,25H,3-7,10,13,16,19-20H2,1-2H3,(H,23,24). The summed E-state index contributed by atoms with van der Waals surface area (Å²) in [5.74, 6) is 23.6. The average molecular weight is 339 g/mol. The molecule has 3 heteroatoms. The van der Waals surface area contributed by atoms with Gasteiger partial charge in [-0.3, -0.25) is 10.0 Å². The predicted molar refractivity (Wildman–Crippen MR) is 102 cm³/mol. The van der Waals surface area contributed by atoms with Gasteiger partial charge in [-0.1, -0.05) is 62.2 Å². The van der Waals surface area contributed by atoms with Gasteiger partial charge in [0.2, 0.25) is 5.91 Å². The molecule has 0 aromatic rings. The Bertz CT molecular complexity index is 605. The van der Waals surface area contributed by atoms with Crippen molar-refractivity contribution < 1.29 is 10.0 Å². The summed E-state index contributed by atoms with van der Waals surface area (Å²) in [7, 11) is 0. The molecule has 0 radical (unpaired) electrons. The molecule has 25 heavy (non-hydrogen) atoms. The zero-order valence-corrected chi connectivity index (χ0v) is 15.5. The number of amides is 1. The first-order chi connectivity index (χ1) is 12.3. The van der Waals surface area contributed by atoms with Gasteiger partial charge in [-0.25, -0.2) is 5.48 Å². The van der Waals surface area contributed by atoms with Crippen molar-refractivity contribution in [3.05, 3.63) is 0 Å². The van der Waals surface area contributed by atoms with Gasteiger partial charge in [0.1, 0.15) is 0 Å². The van der Waals surface area contributed by atoms with Crippen LogP contribution in [0, 0.1) is 53.3 Å². The summed E-state index contributed by atoms with van der Waals surface area (Å²) in [4.78, 5) is 11.3. The second kappa shape index (κ2) is 18.0. The van der Waals surface area contributed by atoms with Crippen LogP contribution in [0.4, 0.5) is 0 Å². The Hall–Kier alpha value is -2.33. The van der Waals surface area contributed by atoms with Gasteiger partial charge in [0.05, 0.1) is 19.3 Å². The average Bonchev–Trinajstić information content (AvgIpc) is 2.64.